The third-order valence-corrected chi connectivity index (χ3v) is 5.81. The monoisotopic (exact) mass is 554 g/mol. The van der Waals surface area contributed by atoms with E-state index in [2.05, 4.69) is 21.2 Å². The fourth-order valence-electron chi connectivity index (χ4n) is 3.33. The quantitative estimate of drug-likeness (QED) is 0.260. The average Bonchev–Trinajstić information content (AvgIpc) is 2.82. The van der Waals surface area contributed by atoms with Gasteiger partial charge in [0.15, 0.2) is 5.11 Å². The molecule has 2 amide bonds. The Morgan fingerprint density at radius 1 is 1.11 bits per heavy atom. The van der Waals surface area contributed by atoms with E-state index in [1.54, 1.807) is 30.3 Å². The molecule has 0 atom stereocenters. The molecule has 3 aromatic rings. The second-order valence-electron chi connectivity index (χ2n) is 7.41. The standard InChI is InChI=1S/C25H16BrFN2O5S/c26-17-6-9-21(34-13-14-4-7-18(27)8-5-14)16(10-17)12-20-22(30)28-25(35)29(23(20)31)19-3-1-2-15(11-19)24(32)33/h1-12H,13H2,(H,32,33)(H,28,30,35). The number of carbonyl (C=O) groups excluding carboxylic acids is 2. The Morgan fingerprint density at radius 3 is 2.57 bits per heavy atom. The van der Waals surface area contributed by atoms with Gasteiger partial charge in [-0.2, -0.15) is 0 Å². The smallest absolute Gasteiger partial charge is 0.335 e. The zero-order chi connectivity index (χ0) is 25.1. The van der Waals surface area contributed by atoms with Crippen LogP contribution in [0.15, 0.2) is 76.8 Å². The first-order valence-corrected chi connectivity index (χ1v) is 11.3. The number of ether oxygens (including phenoxy) is 1. The topological polar surface area (TPSA) is 95.9 Å². The number of anilines is 1. The Labute approximate surface area is 212 Å². The highest BCUT2D eigenvalue weighted by molar-refractivity contribution is 9.10. The number of halogens is 2. The van der Waals surface area contributed by atoms with Crippen LogP contribution in [0, 0.1) is 5.82 Å². The van der Waals surface area contributed by atoms with Crippen molar-refractivity contribution < 1.29 is 28.6 Å². The molecule has 4 rings (SSSR count). The maximum absolute atomic E-state index is 13.3. The summed E-state index contributed by atoms with van der Waals surface area (Å²) in [5.41, 5.74) is 1.11. The molecule has 0 spiro atoms. The molecule has 10 heteroatoms. The number of carboxylic acids is 1. The van der Waals surface area contributed by atoms with Crippen molar-refractivity contribution in [2.24, 2.45) is 0 Å². The predicted molar refractivity (Wildman–Crippen MR) is 134 cm³/mol. The van der Waals surface area contributed by atoms with Gasteiger partial charge in [-0.25, -0.2) is 9.18 Å². The first-order chi connectivity index (χ1) is 16.7. The van der Waals surface area contributed by atoms with Gasteiger partial charge in [0.05, 0.1) is 11.3 Å². The van der Waals surface area contributed by atoms with Crippen LogP contribution in [0.3, 0.4) is 0 Å². The maximum Gasteiger partial charge on any atom is 0.335 e. The molecule has 2 N–H and O–H groups in total. The van der Waals surface area contributed by atoms with Crippen LogP contribution >= 0.6 is 28.1 Å². The van der Waals surface area contributed by atoms with Crippen molar-refractivity contribution in [2.75, 3.05) is 4.90 Å². The number of carboxylic acid groups (broad SMARTS) is 1. The van der Waals surface area contributed by atoms with E-state index in [9.17, 15) is 23.9 Å². The summed E-state index contributed by atoms with van der Waals surface area (Å²) in [4.78, 5) is 38.4. The van der Waals surface area contributed by atoms with Crippen LogP contribution in [0.4, 0.5) is 10.1 Å². The van der Waals surface area contributed by atoms with E-state index in [0.29, 0.717) is 15.8 Å². The number of aromatic carboxylic acids is 1. The van der Waals surface area contributed by atoms with E-state index in [1.165, 1.54) is 42.5 Å². The van der Waals surface area contributed by atoms with Crippen LogP contribution in [0.2, 0.25) is 0 Å². The molecular weight excluding hydrogens is 539 g/mol. The van der Waals surface area contributed by atoms with Crippen molar-refractivity contribution in [1.29, 1.82) is 0 Å². The Kier molecular flexibility index (Phi) is 7.04. The molecular formula is C25H16BrFN2O5S. The van der Waals surface area contributed by atoms with Gasteiger partial charge in [0.25, 0.3) is 11.8 Å². The molecule has 1 fully saturated rings. The second kappa shape index (κ2) is 10.2. The van der Waals surface area contributed by atoms with Crippen molar-refractivity contribution in [2.45, 2.75) is 6.61 Å². The molecule has 1 heterocycles. The number of benzene rings is 3. The highest BCUT2D eigenvalue weighted by Crippen LogP contribution is 2.29. The van der Waals surface area contributed by atoms with Crippen molar-refractivity contribution in [1.82, 2.24) is 5.32 Å². The minimum absolute atomic E-state index is 0.0380. The highest BCUT2D eigenvalue weighted by atomic mass is 79.9. The molecule has 0 aliphatic carbocycles. The molecule has 0 aromatic heterocycles. The molecule has 0 saturated carbocycles. The summed E-state index contributed by atoms with van der Waals surface area (Å²) in [6, 6.07) is 16.6. The lowest BCUT2D eigenvalue weighted by Crippen LogP contribution is -2.54. The van der Waals surface area contributed by atoms with Gasteiger partial charge in [0.1, 0.15) is 23.7 Å². The summed E-state index contributed by atoms with van der Waals surface area (Å²) in [5.74, 6) is -2.56. The first-order valence-electron chi connectivity index (χ1n) is 10.1. The lowest BCUT2D eigenvalue weighted by Gasteiger charge is -2.29. The zero-order valence-corrected chi connectivity index (χ0v) is 20.2. The van der Waals surface area contributed by atoms with Gasteiger partial charge in [-0.05, 0) is 72.4 Å². The Morgan fingerprint density at radius 2 is 1.86 bits per heavy atom. The second-order valence-corrected chi connectivity index (χ2v) is 8.71. The van der Waals surface area contributed by atoms with Gasteiger partial charge < -0.3 is 9.84 Å². The van der Waals surface area contributed by atoms with Crippen LogP contribution < -0.4 is 15.0 Å². The van der Waals surface area contributed by atoms with E-state index < -0.39 is 17.8 Å². The number of nitrogens with zero attached hydrogens (tertiary/aromatic N) is 1. The van der Waals surface area contributed by atoms with Gasteiger partial charge in [0, 0.05) is 10.0 Å². The molecule has 1 saturated heterocycles. The van der Waals surface area contributed by atoms with Gasteiger partial charge >= 0.3 is 5.97 Å². The molecule has 1 aliphatic heterocycles. The molecule has 1 aliphatic rings. The number of nitrogens with one attached hydrogen (secondary N) is 1. The van der Waals surface area contributed by atoms with Gasteiger partial charge in [-0.3, -0.25) is 19.8 Å². The summed E-state index contributed by atoms with van der Waals surface area (Å²) in [7, 11) is 0. The number of rotatable bonds is 6. The summed E-state index contributed by atoms with van der Waals surface area (Å²) in [6.07, 6.45) is 1.37. The molecule has 0 radical (unpaired) electrons. The fraction of sp³-hybridized carbons (Fsp3) is 0.0400. The van der Waals surface area contributed by atoms with Crippen LogP contribution in [-0.2, 0) is 16.2 Å². The van der Waals surface area contributed by atoms with Crippen molar-refractivity contribution >= 4 is 62.8 Å². The SMILES string of the molecule is O=C1NC(=S)N(c2cccc(C(=O)O)c2)C(=O)C1=Cc1cc(Br)ccc1OCc1ccc(F)cc1. The van der Waals surface area contributed by atoms with Crippen LogP contribution in [0.25, 0.3) is 6.08 Å². The number of amides is 2. The van der Waals surface area contributed by atoms with E-state index in [-0.39, 0.29) is 34.4 Å². The number of hydrogen-bond acceptors (Lipinski definition) is 5. The summed E-state index contributed by atoms with van der Waals surface area (Å²) < 4.78 is 19.7. The normalized spacial score (nSPS) is 14.7. The van der Waals surface area contributed by atoms with E-state index >= 15 is 0 Å². The van der Waals surface area contributed by atoms with Crippen LogP contribution in [-0.4, -0.2) is 28.0 Å². The Hall–Kier alpha value is -3.89. The lowest BCUT2D eigenvalue weighted by molar-refractivity contribution is -0.122. The minimum Gasteiger partial charge on any atom is -0.488 e. The molecule has 7 nitrogen and oxygen atoms in total. The third kappa shape index (κ3) is 5.44. The number of hydrogen-bond donors (Lipinski definition) is 2. The fourth-order valence-corrected chi connectivity index (χ4v) is 3.99. The van der Waals surface area contributed by atoms with Crippen molar-refractivity contribution in [3.8, 4) is 5.75 Å². The number of carbonyl (C=O) groups is 3. The highest BCUT2D eigenvalue weighted by Gasteiger charge is 2.35. The Balaban J connectivity index is 1.68. The van der Waals surface area contributed by atoms with Crippen molar-refractivity contribution in [3.05, 3.63) is 99.3 Å². The maximum atomic E-state index is 13.3. The zero-order valence-electron chi connectivity index (χ0n) is 17.8. The minimum atomic E-state index is -1.17. The molecule has 35 heavy (non-hydrogen) atoms. The average molecular weight is 555 g/mol. The summed E-state index contributed by atoms with van der Waals surface area (Å²) >= 11 is 8.56. The van der Waals surface area contributed by atoms with Crippen molar-refractivity contribution in [3.63, 3.8) is 0 Å². The van der Waals surface area contributed by atoms with E-state index in [1.807, 2.05) is 0 Å². The predicted octanol–water partition coefficient (Wildman–Crippen LogP) is 4.70. The summed E-state index contributed by atoms with van der Waals surface area (Å²) in [6.45, 7) is 0.135. The van der Waals surface area contributed by atoms with Crippen LogP contribution in [0.5, 0.6) is 5.75 Å². The van der Waals surface area contributed by atoms with Gasteiger partial charge in [-0.15, -0.1) is 0 Å². The number of thiocarbonyl (C=S) groups is 1. The van der Waals surface area contributed by atoms with Gasteiger partial charge in [-0.1, -0.05) is 34.1 Å². The molecule has 3 aromatic carbocycles. The molecule has 176 valence electrons. The van der Waals surface area contributed by atoms with Gasteiger partial charge in [0.2, 0.25) is 0 Å². The largest absolute Gasteiger partial charge is 0.488 e. The van der Waals surface area contributed by atoms with E-state index in [0.717, 1.165) is 10.5 Å². The summed E-state index contributed by atoms with van der Waals surface area (Å²) in [5, 5.41) is 11.6. The molecule has 0 unspecified atom stereocenters. The van der Waals surface area contributed by atoms with Crippen LogP contribution in [0.1, 0.15) is 21.5 Å². The first kappa shape index (κ1) is 24.2. The van der Waals surface area contributed by atoms with E-state index in [4.69, 9.17) is 17.0 Å². The Bertz CT molecular complexity index is 1390. The lowest BCUT2D eigenvalue weighted by atomic mass is 10.1. The third-order valence-electron chi connectivity index (χ3n) is 5.03. The molecule has 0 bridgehead atoms.